The van der Waals surface area contributed by atoms with Crippen molar-refractivity contribution < 1.29 is 14.1 Å². The molecule has 0 fully saturated rings. The van der Waals surface area contributed by atoms with Gasteiger partial charge in [0.1, 0.15) is 5.25 Å². The fourth-order valence-electron chi connectivity index (χ4n) is 3.44. The van der Waals surface area contributed by atoms with E-state index in [2.05, 4.69) is 32.1 Å². The van der Waals surface area contributed by atoms with E-state index in [1.807, 2.05) is 18.2 Å². The van der Waals surface area contributed by atoms with Gasteiger partial charge in [0.15, 0.2) is 4.90 Å². The zero-order valence-electron chi connectivity index (χ0n) is 16.2. The number of carbonyl (C=O) groups is 1. The van der Waals surface area contributed by atoms with E-state index in [0.29, 0.717) is 12.2 Å². The quantitative estimate of drug-likeness (QED) is 0.403. The van der Waals surface area contributed by atoms with Crippen LogP contribution in [0.2, 0.25) is 0 Å². The van der Waals surface area contributed by atoms with Gasteiger partial charge in [-0.3, -0.25) is 0 Å². The summed E-state index contributed by atoms with van der Waals surface area (Å²) < 4.78 is 17.6. The Hall–Kier alpha value is -2.04. The largest absolute Gasteiger partial charge is 0.611 e. The molecule has 0 saturated carbocycles. The highest BCUT2D eigenvalue weighted by Crippen LogP contribution is 2.33. The first kappa shape index (κ1) is 19.7. The zero-order valence-corrected chi connectivity index (χ0v) is 17.0. The van der Waals surface area contributed by atoms with Crippen molar-refractivity contribution in [3.8, 4) is 0 Å². The van der Waals surface area contributed by atoms with Gasteiger partial charge in [0, 0.05) is 5.56 Å². The maximum Gasteiger partial charge on any atom is 0.338 e. The Bertz CT molecular complexity index is 839. The molecule has 1 heterocycles. The van der Waals surface area contributed by atoms with Gasteiger partial charge in [0.2, 0.25) is 0 Å². The van der Waals surface area contributed by atoms with Crippen molar-refractivity contribution in [1.29, 1.82) is 0 Å². The van der Waals surface area contributed by atoms with Crippen molar-refractivity contribution in [3.63, 3.8) is 0 Å². The first-order chi connectivity index (χ1) is 13.0. The molecule has 4 heteroatoms. The van der Waals surface area contributed by atoms with Crippen molar-refractivity contribution in [2.75, 3.05) is 6.61 Å². The fraction of sp³-hybridized carbons (Fsp3) is 0.348. The Morgan fingerprint density at radius 1 is 1.19 bits per heavy atom. The third kappa shape index (κ3) is 4.45. The first-order valence-corrected chi connectivity index (χ1v) is 10.7. The van der Waals surface area contributed by atoms with E-state index in [0.717, 1.165) is 40.9 Å². The Morgan fingerprint density at radius 3 is 2.56 bits per heavy atom. The van der Waals surface area contributed by atoms with E-state index in [-0.39, 0.29) is 11.2 Å². The molecular weight excluding hydrogens is 356 g/mol. The summed E-state index contributed by atoms with van der Waals surface area (Å²) in [6, 6.07) is 13.7. The average Bonchev–Trinajstić information content (AvgIpc) is 2.68. The molecule has 1 aliphatic heterocycles. The standard InChI is InChI=1S/C23H26O3S/c1-4-21-12-10-20-15-19(11-13-22(20)27(21)25)16(3)14-17-6-8-18(9-7-17)23(24)26-5-2/h6-9,11,13-15,21H,4-5,10,12H2,1-3H3/b16-14+. The van der Waals surface area contributed by atoms with Crippen molar-refractivity contribution in [2.24, 2.45) is 0 Å². The maximum absolute atomic E-state index is 12.6. The second kappa shape index (κ2) is 8.77. The number of hydrogen-bond donors (Lipinski definition) is 0. The van der Waals surface area contributed by atoms with Crippen LogP contribution in [0, 0.1) is 0 Å². The van der Waals surface area contributed by atoms with Gasteiger partial charge in [0.25, 0.3) is 0 Å². The second-order valence-corrected chi connectivity index (χ2v) is 8.56. The summed E-state index contributed by atoms with van der Waals surface area (Å²) in [6.45, 7) is 6.37. The molecular formula is C23H26O3S. The fourth-order valence-corrected chi connectivity index (χ4v) is 5.05. The number of aryl methyl sites for hydroxylation is 1. The monoisotopic (exact) mass is 382 g/mol. The Balaban J connectivity index is 1.80. The van der Waals surface area contributed by atoms with Gasteiger partial charge < -0.3 is 9.29 Å². The van der Waals surface area contributed by atoms with Gasteiger partial charge >= 0.3 is 5.97 Å². The second-order valence-electron chi connectivity index (χ2n) is 6.86. The highest BCUT2D eigenvalue weighted by Gasteiger charge is 2.30. The molecule has 0 aromatic heterocycles. The van der Waals surface area contributed by atoms with Crippen LogP contribution in [0.25, 0.3) is 11.6 Å². The Labute approximate surface area is 164 Å². The Kier molecular flexibility index (Phi) is 6.40. The van der Waals surface area contributed by atoms with Crippen LogP contribution in [-0.2, 0) is 22.3 Å². The van der Waals surface area contributed by atoms with Gasteiger partial charge in [-0.05, 0) is 91.3 Å². The summed E-state index contributed by atoms with van der Waals surface area (Å²) in [5.41, 5.74) is 5.10. The molecule has 0 spiro atoms. The van der Waals surface area contributed by atoms with E-state index in [1.165, 1.54) is 5.56 Å². The van der Waals surface area contributed by atoms with Gasteiger partial charge in [-0.2, -0.15) is 0 Å². The molecule has 142 valence electrons. The SMILES string of the molecule is CCOC(=O)c1ccc(/C=C(\C)c2ccc3c(c2)CCC(CC)[S+]3[O-])cc1. The summed E-state index contributed by atoms with van der Waals surface area (Å²) in [4.78, 5) is 12.7. The minimum atomic E-state index is -0.885. The average molecular weight is 383 g/mol. The van der Waals surface area contributed by atoms with E-state index in [1.54, 1.807) is 19.1 Å². The number of esters is 1. The highest BCUT2D eigenvalue weighted by molar-refractivity contribution is 7.92. The predicted octanol–water partition coefficient (Wildman–Crippen LogP) is 5.26. The van der Waals surface area contributed by atoms with Crippen LogP contribution in [-0.4, -0.2) is 22.4 Å². The molecule has 0 saturated heterocycles. The molecule has 0 amide bonds. The topological polar surface area (TPSA) is 49.4 Å². The van der Waals surface area contributed by atoms with Gasteiger partial charge in [-0.15, -0.1) is 0 Å². The molecule has 0 aliphatic carbocycles. The molecule has 0 bridgehead atoms. The highest BCUT2D eigenvalue weighted by atomic mass is 32.2. The van der Waals surface area contributed by atoms with Crippen LogP contribution >= 0.6 is 0 Å². The van der Waals surface area contributed by atoms with E-state index < -0.39 is 11.2 Å². The normalized spacial score (nSPS) is 19.5. The Morgan fingerprint density at radius 2 is 1.89 bits per heavy atom. The third-order valence-corrected chi connectivity index (χ3v) is 7.04. The van der Waals surface area contributed by atoms with Gasteiger partial charge in [0.05, 0.1) is 12.2 Å². The van der Waals surface area contributed by atoms with Crippen molar-refractivity contribution in [2.45, 2.75) is 50.2 Å². The summed E-state index contributed by atoms with van der Waals surface area (Å²) in [5.74, 6) is -0.294. The molecule has 2 aromatic carbocycles. The minimum Gasteiger partial charge on any atom is -0.611 e. The van der Waals surface area contributed by atoms with Crippen LogP contribution in [0.3, 0.4) is 0 Å². The van der Waals surface area contributed by atoms with Gasteiger partial charge in [-0.25, -0.2) is 4.79 Å². The van der Waals surface area contributed by atoms with Crippen LogP contribution < -0.4 is 0 Å². The number of fused-ring (bicyclic) bond motifs is 1. The molecule has 0 radical (unpaired) electrons. The summed E-state index contributed by atoms with van der Waals surface area (Å²) in [6.07, 6.45) is 5.06. The lowest BCUT2D eigenvalue weighted by Crippen LogP contribution is -2.27. The lowest BCUT2D eigenvalue weighted by atomic mass is 9.98. The predicted molar refractivity (Wildman–Crippen MR) is 111 cm³/mol. The minimum absolute atomic E-state index is 0.290. The van der Waals surface area contributed by atoms with Crippen molar-refractivity contribution >= 4 is 28.8 Å². The third-order valence-electron chi connectivity index (χ3n) is 5.03. The lowest BCUT2D eigenvalue weighted by Gasteiger charge is -2.27. The number of hydrogen-bond acceptors (Lipinski definition) is 3. The van der Waals surface area contributed by atoms with Crippen LogP contribution in [0.15, 0.2) is 47.4 Å². The molecule has 0 N–H and O–H groups in total. The molecule has 27 heavy (non-hydrogen) atoms. The summed E-state index contributed by atoms with van der Waals surface area (Å²) in [7, 11) is 0. The number of allylic oxidation sites excluding steroid dienone is 1. The maximum atomic E-state index is 12.6. The van der Waals surface area contributed by atoms with Gasteiger partial charge in [-0.1, -0.05) is 25.1 Å². The van der Waals surface area contributed by atoms with E-state index >= 15 is 0 Å². The van der Waals surface area contributed by atoms with Crippen LogP contribution in [0.4, 0.5) is 0 Å². The number of carbonyl (C=O) groups excluding carboxylic acids is 1. The zero-order chi connectivity index (χ0) is 19.4. The first-order valence-electron chi connectivity index (χ1n) is 9.52. The van der Waals surface area contributed by atoms with E-state index in [9.17, 15) is 9.35 Å². The smallest absolute Gasteiger partial charge is 0.338 e. The summed E-state index contributed by atoms with van der Waals surface area (Å²) in [5, 5.41) is 0.290. The molecule has 1 aliphatic rings. The van der Waals surface area contributed by atoms with Crippen molar-refractivity contribution in [1.82, 2.24) is 0 Å². The number of ether oxygens (including phenoxy) is 1. The van der Waals surface area contributed by atoms with Crippen LogP contribution in [0.1, 0.15) is 60.7 Å². The van der Waals surface area contributed by atoms with Crippen LogP contribution in [0.5, 0.6) is 0 Å². The molecule has 3 nitrogen and oxygen atoms in total. The number of rotatable bonds is 5. The number of benzene rings is 2. The molecule has 2 aromatic rings. The van der Waals surface area contributed by atoms with Crippen molar-refractivity contribution in [3.05, 3.63) is 64.7 Å². The molecule has 2 atom stereocenters. The van der Waals surface area contributed by atoms with E-state index in [4.69, 9.17) is 4.74 Å². The molecule has 3 rings (SSSR count). The lowest BCUT2D eigenvalue weighted by molar-refractivity contribution is 0.0526. The summed E-state index contributed by atoms with van der Waals surface area (Å²) >= 11 is -0.885. The molecule has 2 unspecified atom stereocenters.